The maximum Gasteiger partial charge on any atom is 0.262 e. The van der Waals surface area contributed by atoms with Crippen LogP contribution in [0.25, 0.3) is 5.69 Å². The summed E-state index contributed by atoms with van der Waals surface area (Å²) in [6.45, 7) is 1.54. The fourth-order valence-electron chi connectivity index (χ4n) is 2.91. The molecule has 2 N–H and O–H groups in total. The third-order valence-electron chi connectivity index (χ3n) is 4.36. The third kappa shape index (κ3) is 3.95. The van der Waals surface area contributed by atoms with E-state index in [1.807, 2.05) is 12.1 Å². The Morgan fingerprint density at radius 2 is 2.03 bits per heavy atom. The fourth-order valence-corrected chi connectivity index (χ4v) is 4.68. The number of halogens is 1. The Kier molecular flexibility index (Phi) is 4.99. The van der Waals surface area contributed by atoms with E-state index >= 15 is 0 Å². The average molecular weight is 434 g/mol. The van der Waals surface area contributed by atoms with Crippen LogP contribution in [0, 0.1) is 0 Å². The highest BCUT2D eigenvalue weighted by Crippen LogP contribution is 2.36. The molecule has 0 aliphatic carbocycles. The van der Waals surface area contributed by atoms with Crippen LogP contribution < -0.4 is 14.8 Å². The van der Waals surface area contributed by atoms with E-state index in [-0.39, 0.29) is 28.2 Å². The van der Waals surface area contributed by atoms with Gasteiger partial charge in [0.05, 0.1) is 16.4 Å². The summed E-state index contributed by atoms with van der Waals surface area (Å²) in [6.07, 6.45) is 3.01. The van der Waals surface area contributed by atoms with Crippen molar-refractivity contribution < 1.29 is 17.9 Å². The van der Waals surface area contributed by atoms with E-state index in [0.29, 0.717) is 5.69 Å². The standard InChI is InChI=1S/C18H16ClN5O4S/c1-11(12-2-4-13(5-3-12)24-10-20-9-21-24)23-29(26,27)17-7-16-15(6-14(17)19)22-18(25)8-28-16/h2-7,9-11,23H,8H2,1H3,(H,22,25). The van der Waals surface area contributed by atoms with E-state index in [1.54, 1.807) is 30.1 Å². The number of ether oxygens (including phenoxy) is 1. The van der Waals surface area contributed by atoms with Crippen LogP contribution in [-0.4, -0.2) is 35.7 Å². The van der Waals surface area contributed by atoms with Crippen LogP contribution in [0.3, 0.4) is 0 Å². The molecule has 4 rings (SSSR count). The minimum Gasteiger partial charge on any atom is -0.482 e. The van der Waals surface area contributed by atoms with Crippen LogP contribution in [0.5, 0.6) is 5.75 Å². The van der Waals surface area contributed by atoms with Crippen LogP contribution >= 0.6 is 11.6 Å². The molecular formula is C18H16ClN5O4S. The third-order valence-corrected chi connectivity index (χ3v) is 6.37. The maximum atomic E-state index is 12.9. The molecule has 1 aromatic heterocycles. The van der Waals surface area contributed by atoms with Gasteiger partial charge in [-0.3, -0.25) is 4.79 Å². The largest absolute Gasteiger partial charge is 0.482 e. The molecule has 3 aromatic rings. The minimum absolute atomic E-state index is 0.0178. The number of carbonyl (C=O) groups excluding carboxylic acids is 1. The van der Waals surface area contributed by atoms with Gasteiger partial charge in [-0.15, -0.1) is 0 Å². The molecule has 0 saturated heterocycles. The molecule has 1 atom stereocenters. The first-order valence-corrected chi connectivity index (χ1v) is 10.4. The Morgan fingerprint density at radius 1 is 1.28 bits per heavy atom. The predicted octanol–water partition coefficient (Wildman–Crippen LogP) is 2.29. The van der Waals surface area contributed by atoms with Gasteiger partial charge in [0.15, 0.2) is 6.61 Å². The van der Waals surface area contributed by atoms with E-state index in [2.05, 4.69) is 20.1 Å². The SMILES string of the molecule is CC(NS(=O)(=O)c1cc2c(cc1Cl)NC(=O)CO2)c1ccc(-n2cncn2)cc1. The lowest BCUT2D eigenvalue weighted by molar-refractivity contribution is -0.118. The maximum absolute atomic E-state index is 12.9. The molecule has 0 saturated carbocycles. The van der Waals surface area contributed by atoms with Crippen molar-refractivity contribution in [3.8, 4) is 11.4 Å². The molecule has 0 bridgehead atoms. The number of rotatable bonds is 5. The summed E-state index contributed by atoms with van der Waals surface area (Å²) >= 11 is 6.16. The molecule has 150 valence electrons. The Labute approximate surface area is 171 Å². The number of carbonyl (C=O) groups is 1. The van der Waals surface area contributed by atoms with Gasteiger partial charge in [0.2, 0.25) is 10.0 Å². The Morgan fingerprint density at radius 3 is 2.72 bits per heavy atom. The quantitative estimate of drug-likeness (QED) is 0.637. The number of anilines is 1. The number of fused-ring (bicyclic) bond motifs is 1. The van der Waals surface area contributed by atoms with Crippen molar-refractivity contribution in [2.45, 2.75) is 17.9 Å². The molecule has 11 heteroatoms. The summed E-state index contributed by atoms with van der Waals surface area (Å²) in [5, 5.41) is 6.62. The fraction of sp³-hybridized carbons (Fsp3) is 0.167. The lowest BCUT2D eigenvalue weighted by Gasteiger charge is -2.20. The topological polar surface area (TPSA) is 115 Å². The number of nitrogens with zero attached hydrogens (tertiary/aromatic N) is 3. The molecule has 9 nitrogen and oxygen atoms in total. The zero-order valence-corrected chi connectivity index (χ0v) is 16.7. The number of sulfonamides is 1. The second-order valence-electron chi connectivity index (χ2n) is 6.39. The summed E-state index contributed by atoms with van der Waals surface area (Å²) in [5.74, 6) is -0.0792. The zero-order valence-electron chi connectivity index (χ0n) is 15.2. The molecule has 2 aromatic carbocycles. The van der Waals surface area contributed by atoms with Gasteiger partial charge in [-0.05, 0) is 30.7 Å². The van der Waals surface area contributed by atoms with Gasteiger partial charge in [0.25, 0.3) is 5.91 Å². The first kappa shape index (κ1) is 19.4. The van der Waals surface area contributed by atoms with Crippen LogP contribution in [0.15, 0.2) is 53.9 Å². The average Bonchev–Trinajstić information content (AvgIpc) is 3.22. The second kappa shape index (κ2) is 7.47. The summed E-state index contributed by atoms with van der Waals surface area (Å²) in [4.78, 5) is 15.2. The van der Waals surface area contributed by atoms with Gasteiger partial charge >= 0.3 is 0 Å². The predicted molar refractivity (Wildman–Crippen MR) is 106 cm³/mol. The molecule has 29 heavy (non-hydrogen) atoms. The van der Waals surface area contributed by atoms with Crippen LogP contribution in [-0.2, 0) is 14.8 Å². The van der Waals surface area contributed by atoms with Gasteiger partial charge in [-0.25, -0.2) is 22.8 Å². The molecule has 0 fully saturated rings. The van der Waals surface area contributed by atoms with Crippen LogP contribution in [0.4, 0.5) is 5.69 Å². The number of nitrogens with one attached hydrogen (secondary N) is 2. The summed E-state index contributed by atoms with van der Waals surface area (Å²) in [5.41, 5.74) is 1.90. The summed E-state index contributed by atoms with van der Waals surface area (Å²) in [6, 6.07) is 9.39. The molecule has 0 spiro atoms. The Balaban J connectivity index is 1.56. The molecule has 1 amide bonds. The normalized spacial score (nSPS) is 14.6. The first-order chi connectivity index (χ1) is 13.8. The van der Waals surface area contributed by atoms with Gasteiger partial charge < -0.3 is 10.1 Å². The molecular weight excluding hydrogens is 418 g/mol. The van der Waals surface area contributed by atoms with Crippen molar-refractivity contribution in [1.82, 2.24) is 19.5 Å². The van der Waals surface area contributed by atoms with E-state index in [9.17, 15) is 13.2 Å². The van der Waals surface area contributed by atoms with Gasteiger partial charge in [0, 0.05) is 12.1 Å². The number of benzene rings is 2. The van der Waals surface area contributed by atoms with Gasteiger partial charge in [-0.1, -0.05) is 23.7 Å². The van der Waals surface area contributed by atoms with E-state index < -0.39 is 16.1 Å². The van der Waals surface area contributed by atoms with Crippen LogP contribution in [0.2, 0.25) is 5.02 Å². The number of aromatic nitrogens is 3. The first-order valence-electron chi connectivity index (χ1n) is 8.57. The number of amides is 1. The van der Waals surface area contributed by atoms with E-state index in [1.165, 1.54) is 18.5 Å². The van der Waals surface area contributed by atoms with Crippen molar-refractivity contribution in [3.05, 3.63) is 59.6 Å². The van der Waals surface area contributed by atoms with Crippen molar-refractivity contribution >= 4 is 33.2 Å². The lowest BCUT2D eigenvalue weighted by atomic mass is 10.1. The van der Waals surface area contributed by atoms with Crippen molar-refractivity contribution in [2.24, 2.45) is 0 Å². The summed E-state index contributed by atoms with van der Waals surface area (Å²) in [7, 11) is -3.94. The molecule has 2 heterocycles. The van der Waals surface area contributed by atoms with E-state index in [0.717, 1.165) is 11.3 Å². The second-order valence-corrected chi connectivity index (χ2v) is 8.48. The molecule has 0 radical (unpaired) electrons. The zero-order chi connectivity index (χ0) is 20.6. The van der Waals surface area contributed by atoms with Gasteiger partial charge in [0.1, 0.15) is 23.3 Å². The lowest BCUT2D eigenvalue weighted by Crippen LogP contribution is -2.28. The Bertz CT molecular complexity index is 1160. The monoisotopic (exact) mass is 433 g/mol. The number of hydrogen-bond donors (Lipinski definition) is 2. The smallest absolute Gasteiger partial charge is 0.262 e. The van der Waals surface area contributed by atoms with E-state index in [4.69, 9.17) is 16.3 Å². The Hall–Kier alpha value is -2.95. The molecule has 1 aliphatic rings. The summed E-state index contributed by atoms with van der Waals surface area (Å²) < 4.78 is 35.3. The van der Waals surface area contributed by atoms with Gasteiger partial charge in [-0.2, -0.15) is 5.10 Å². The highest BCUT2D eigenvalue weighted by molar-refractivity contribution is 7.89. The van der Waals surface area contributed by atoms with Crippen LogP contribution in [0.1, 0.15) is 18.5 Å². The van der Waals surface area contributed by atoms with Crippen molar-refractivity contribution in [1.29, 1.82) is 0 Å². The highest BCUT2D eigenvalue weighted by Gasteiger charge is 2.26. The molecule has 1 aliphatic heterocycles. The molecule has 1 unspecified atom stereocenters. The number of hydrogen-bond acceptors (Lipinski definition) is 6. The highest BCUT2D eigenvalue weighted by atomic mass is 35.5. The van der Waals surface area contributed by atoms with Crippen molar-refractivity contribution in [3.63, 3.8) is 0 Å². The minimum atomic E-state index is -3.94. The van der Waals surface area contributed by atoms with Crippen molar-refractivity contribution in [2.75, 3.05) is 11.9 Å².